The van der Waals surface area contributed by atoms with E-state index in [1.165, 1.54) is 71.9 Å². The summed E-state index contributed by atoms with van der Waals surface area (Å²) in [5.74, 6) is 1.72. The zero-order valence-electron chi connectivity index (χ0n) is 21.9. The Morgan fingerprint density at radius 2 is 0.800 bits per heavy atom. The van der Waals surface area contributed by atoms with Crippen LogP contribution >= 0.6 is 0 Å². The van der Waals surface area contributed by atoms with E-state index < -0.39 is 0 Å². The molecule has 0 nitrogen and oxygen atoms in total. The van der Waals surface area contributed by atoms with Gasteiger partial charge in [-0.3, -0.25) is 0 Å². The molecule has 0 amide bonds. The third-order valence-corrected chi connectivity index (χ3v) is 6.50. The van der Waals surface area contributed by atoms with Gasteiger partial charge in [-0.05, 0) is 85.8 Å². The van der Waals surface area contributed by atoms with Crippen LogP contribution < -0.4 is 0 Å². The molecule has 0 aliphatic carbocycles. The van der Waals surface area contributed by atoms with Gasteiger partial charge in [0.05, 0.1) is 0 Å². The van der Waals surface area contributed by atoms with Crippen LogP contribution in [0.1, 0.15) is 101 Å². The summed E-state index contributed by atoms with van der Waals surface area (Å²) in [6, 6.07) is 13.7. The summed E-state index contributed by atoms with van der Waals surface area (Å²) in [5.41, 5.74) is 8.65. The van der Waals surface area contributed by atoms with E-state index in [-0.39, 0.29) is 0 Å². The first kappa shape index (κ1) is 28.4. The van der Waals surface area contributed by atoms with Crippen molar-refractivity contribution in [2.75, 3.05) is 0 Å². The Hall–Kier alpha value is -1.56. The van der Waals surface area contributed by atoms with Crippen LogP contribution in [-0.2, 0) is 12.8 Å². The lowest BCUT2D eigenvalue weighted by Crippen LogP contribution is -2.01. The highest BCUT2D eigenvalue weighted by Crippen LogP contribution is 2.19. The lowest BCUT2D eigenvalue weighted by atomic mass is 9.93. The molecule has 0 bridgehead atoms. The predicted molar refractivity (Wildman–Crippen MR) is 139 cm³/mol. The summed E-state index contributed by atoms with van der Waals surface area (Å²) in [6.07, 6.45) is 7.67. The van der Waals surface area contributed by atoms with Crippen molar-refractivity contribution in [3.05, 3.63) is 69.8 Å². The molecule has 0 aliphatic rings. The molecule has 0 saturated carbocycles. The van der Waals surface area contributed by atoms with Gasteiger partial charge in [0.1, 0.15) is 0 Å². The average molecular weight is 411 g/mol. The molecule has 2 aromatic rings. The second-order valence-corrected chi connectivity index (χ2v) is 8.61. The van der Waals surface area contributed by atoms with Crippen LogP contribution in [-0.4, -0.2) is 0 Å². The van der Waals surface area contributed by atoms with Crippen molar-refractivity contribution < 1.29 is 0 Å². The lowest BCUT2D eigenvalue weighted by Gasteiger charge is -2.13. The van der Waals surface area contributed by atoms with Gasteiger partial charge in [0, 0.05) is 0 Å². The quantitative estimate of drug-likeness (QED) is 0.406. The Morgan fingerprint density at radius 3 is 1.03 bits per heavy atom. The maximum Gasteiger partial charge on any atom is -0.0250 e. The fraction of sp³-hybridized carbons (Fsp3) is 0.600. The summed E-state index contributed by atoms with van der Waals surface area (Å²) < 4.78 is 0. The summed E-state index contributed by atoms with van der Waals surface area (Å²) in [4.78, 5) is 0. The Bertz CT molecular complexity index is 626. The molecule has 0 aromatic heterocycles. The van der Waals surface area contributed by atoms with E-state index in [9.17, 15) is 0 Å². The van der Waals surface area contributed by atoms with Gasteiger partial charge in [-0.1, -0.05) is 104 Å². The van der Waals surface area contributed by atoms with Crippen LogP contribution in [0.25, 0.3) is 0 Å². The second kappa shape index (κ2) is 16.2. The third kappa shape index (κ3) is 10.5. The summed E-state index contributed by atoms with van der Waals surface area (Å²) in [5, 5.41) is 0. The van der Waals surface area contributed by atoms with Crippen molar-refractivity contribution in [1.29, 1.82) is 0 Å². The summed E-state index contributed by atoms with van der Waals surface area (Å²) >= 11 is 0. The first-order valence-electron chi connectivity index (χ1n) is 12.5. The summed E-state index contributed by atoms with van der Waals surface area (Å²) in [7, 11) is 0. The first-order chi connectivity index (χ1) is 14.3. The largest absolute Gasteiger partial charge is 0.0683 e. The van der Waals surface area contributed by atoms with Crippen LogP contribution in [0.4, 0.5) is 0 Å². The molecule has 2 rings (SSSR count). The van der Waals surface area contributed by atoms with Crippen LogP contribution in [0.5, 0.6) is 0 Å². The fourth-order valence-corrected chi connectivity index (χ4v) is 3.68. The van der Waals surface area contributed by atoms with Crippen LogP contribution in [0.2, 0.25) is 0 Å². The Balaban J connectivity index is 0.000000518. The molecule has 0 N–H and O–H groups in total. The minimum absolute atomic E-state index is 0.858. The highest BCUT2D eigenvalue weighted by atomic mass is 14.1. The van der Waals surface area contributed by atoms with E-state index in [0.717, 1.165) is 11.8 Å². The van der Waals surface area contributed by atoms with Gasteiger partial charge in [-0.25, -0.2) is 0 Å². The highest BCUT2D eigenvalue weighted by molar-refractivity contribution is 5.30. The van der Waals surface area contributed by atoms with Crippen LogP contribution in [0.3, 0.4) is 0 Å². The normalized spacial score (nSPS) is 10.4. The van der Waals surface area contributed by atoms with E-state index in [4.69, 9.17) is 0 Å². The van der Waals surface area contributed by atoms with Crippen LogP contribution in [0, 0.1) is 39.5 Å². The van der Waals surface area contributed by atoms with E-state index in [2.05, 4.69) is 91.8 Å². The molecule has 170 valence electrons. The smallest absolute Gasteiger partial charge is 0.0250 e. The van der Waals surface area contributed by atoms with Gasteiger partial charge in [0.2, 0.25) is 0 Å². The minimum atomic E-state index is 0.858. The van der Waals surface area contributed by atoms with Crippen molar-refractivity contribution in [3.63, 3.8) is 0 Å². The van der Waals surface area contributed by atoms with Crippen molar-refractivity contribution >= 4 is 0 Å². The minimum Gasteiger partial charge on any atom is -0.0683 e. The standard InChI is InChI=1S/2C14H22.C2H6/c2*1-5-13(6-2)10-14-8-7-11(3)12(4)9-14;1-2/h2*7-9,13H,5-6,10H2,1-4H3;1-2H3. The van der Waals surface area contributed by atoms with E-state index >= 15 is 0 Å². The van der Waals surface area contributed by atoms with Gasteiger partial charge < -0.3 is 0 Å². The maximum absolute atomic E-state index is 2.34. The average Bonchev–Trinajstić information content (AvgIpc) is 2.77. The zero-order chi connectivity index (χ0) is 23.1. The molecule has 0 heteroatoms. The van der Waals surface area contributed by atoms with Crippen molar-refractivity contribution in [2.45, 2.75) is 108 Å². The molecular weight excluding hydrogens is 360 g/mol. The van der Waals surface area contributed by atoms with E-state index in [1.807, 2.05) is 13.8 Å². The Kier molecular flexibility index (Phi) is 15.3. The maximum atomic E-state index is 2.34. The molecular formula is C30H50. The van der Waals surface area contributed by atoms with Gasteiger partial charge in [-0.15, -0.1) is 0 Å². The van der Waals surface area contributed by atoms with Crippen LogP contribution in [0.15, 0.2) is 36.4 Å². The molecule has 30 heavy (non-hydrogen) atoms. The summed E-state index contributed by atoms with van der Waals surface area (Å²) in [6.45, 7) is 21.9. The predicted octanol–water partition coefficient (Wildman–Crippen LogP) is 9.59. The van der Waals surface area contributed by atoms with Gasteiger partial charge >= 0.3 is 0 Å². The zero-order valence-corrected chi connectivity index (χ0v) is 21.9. The molecule has 0 radical (unpaired) electrons. The van der Waals surface area contributed by atoms with E-state index in [1.54, 1.807) is 0 Å². The molecule has 0 saturated heterocycles. The van der Waals surface area contributed by atoms with Crippen molar-refractivity contribution in [1.82, 2.24) is 0 Å². The molecule has 0 unspecified atom stereocenters. The Labute approximate surface area is 189 Å². The third-order valence-electron chi connectivity index (χ3n) is 6.50. The molecule has 2 aromatic carbocycles. The lowest BCUT2D eigenvalue weighted by molar-refractivity contribution is 0.490. The van der Waals surface area contributed by atoms with E-state index in [0.29, 0.717) is 0 Å². The monoisotopic (exact) mass is 410 g/mol. The van der Waals surface area contributed by atoms with Gasteiger partial charge in [0.25, 0.3) is 0 Å². The second-order valence-electron chi connectivity index (χ2n) is 8.61. The first-order valence-corrected chi connectivity index (χ1v) is 12.5. The number of benzene rings is 2. The number of rotatable bonds is 8. The molecule has 0 spiro atoms. The number of aryl methyl sites for hydroxylation is 4. The molecule has 0 fully saturated rings. The number of hydrogen-bond donors (Lipinski definition) is 0. The molecule has 0 aliphatic heterocycles. The SMILES string of the molecule is CC.CCC(CC)Cc1ccc(C)c(C)c1.CCC(CC)Cc1ccc(C)c(C)c1. The van der Waals surface area contributed by atoms with Gasteiger partial charge in [0.15, 0.2) is 0 Å². The topological polar surface area (TPSA) is 0 Å². The van der Waals surface area contributed by atoms with Gasteiger partial charge in [-0.2, -0.15) is 0 Å². The number of hydrogen-bond acceptors (Lipinski definition) is 0. The Morgan fingerprint density at radius 1 is 0.500 bits per heavy atom. The molecule has 0 heterocycles. The fourth-order valence-electron chi connectivity index (χ4n) is 3.68. The highest BCUT2D eigenvalue weighted by Gasteiger charge is 2.06. The van der Waals surface area contributed by atoms with Crippen molar-refractivity contribution in [3.8, 4) is 0 Å². The van der Waals surface area contributed by atoms with Crippen molar-refractivity contribution in [2.24, 2.45) is 11.8 Å². The molecule has 0 atom stereocenters.